The Morgan fingerprint density at radius 2 is 2.09 bits per heavy atom. The summed E-state index contributed by atoms with van der Waals surface area (Å²) in [5.41, 5.74) is 0.364. The zero-order valence-corrected chi connectivity index (χ0v) is 15.7. The summed E-state index contributed by atoms with van der Waals surface area (Å²) in [7, 11) is -1.20. The summed E-state index contributed by atoms with van der Waals surface area (Å²) in [6.07, 6.45) is 5.67. The van der Waals surface area contributed by atoms with Gasteiger partial charge in [0.15, 0.2) is 5.96 Å². The first-order valence-electron chi connectivity index (χ1n) is 8.84. The van der Waals surface area contributed by atoms with Crippen LogP contribution in [0, 0.1) is 5.41 Å². The van der Waals surface area contributed by atoms with Gasteiger partial charge in [-0.15, -0.1) is 0 Å². The van der Waals surface area contributed by atoms with Crippen LogP contribution in [0.5, 0.6) is 0 Å². The van der Waals surface area contributed by atoms with E-state index in [0.29, 0.717) is 30.8 Å². The lowest BCUT2D eigenvalue weighted by atomic mass is 9.78. The Kier molecular flexibility index (Phi) is 6.31. The van der Waals surface area contributed by atoms with Crippen LogP contribution in [0.15, 0.2) is 4.99 Å². The van der Waals surface area contributed by atoms with Crippen molar-refractivity contribution in [2.75, 3.05) is 45.5 Å². The first-order valence-corrected chi connectivity index (χ1v) is 10.4. The molecule has 0 bridgehead atoms. The summed E-state index contributed by atoms with van der Waals surface area (Å²) in [6.45, 7) is 8.47. The molecule has 2 heterocycles. The Bertz CT molecular complexity index is 516. The van der Waals surface area contributed by atoms with Gasteiger partial charge in [-0.05, 0) is 31.1 Å². The van der Waals surface area contributed by atoms with E-state index in [0.717, 1.165) is 25.5 Å². The van der Waals surface area contributed by atoms with Gasteiger partial charge in [0.05, 0.1) is 5.75 Å². The molecule has 0 saturated carbocycles. The molecule has 1 atom stereocenters. The molecule has 2 rings (SSSR count). The summed E-state index contributed by atoms with van der Waals surface area (Å²) in [6, 6.07) is 0. The number of guanidine groups is 1. The number of nitrogens with zero attached hydrogens (tertiary/aromatic N) is 3. The lowest BCUT2D eigenvalue weighted by molar-refractivity contribution is 0.142. The largest absolute Gasteiger partial charge is 0.355 e. The first-order chi connectivity index (χ1) is 10.9. The third-order valence-electron chi connectivity index (χ3n) is 4.99. The van der Waals surface area contributed by atoms with Crippen LogP contribution in [0.1, 0.15) is 46.0 Å². The molecule has 23 heavy (non-hydrogen) atoms. The molecule has 0 radical (unpaired) electrons. The molecule has 2 aliphatic rings. The molecule has 0 amide bonds. The highest BCUT2D eigenvalue weighted by atomic mass is 32.2. The summed E-state index contributed by atoms with van der Waals surface area (Å²) in [4.78, 5) is 6.73. The number of likely N-dealkylation sites (tertiary alicyclic amines) is 1. The second kappa shape index (κ2) is 7.83. The van der Waals surface area contributed by atoms with Gasteiger partial charge in [0.1, 0.15) is 0 Å². The zero-order valence-electron chi connectivity index (χ0n) is 14.8. The van der Waals surface area contributed by atoms with E-state index in [-0.39, 0.29) is 0 Å². The van der Waals surface area contributed by atoms with Crippen molar-refractivity contribution < 1.29 is 8.42 Å². The topological polar surface area (TPSA) is 65.0 Å². The van der Waals surface area contributed by atoms with Gasteiger partial charge in [-0.1, -0.05) is 20.3 Å². The van der Waals surface area contributed by atoms with Crippen molar-refractivity contribution >= 4 is 16.0 Å². The van der Waals surface area contributed by atoms with Crippen LogP contribution in [0.3, 0.4) is 0 Å². The smallest absolute Gasteiger partial charge is 0.214 e. The first kappa shape index (κ1) is 18.5. The Morgan fingerprint density at radius 3 is 2.70 bits per heavy atom. The molecule has 2 saturated heterocycles. The van der Waals surface area contributed by atoms with Gasteiger partial charge >= 0.3 is 0 Å². The number of piperidine rings is 1. The number of nitrogens with one attached hydrogen (secondary N) is 1. The van der Waals surface area contributed by atoms with Crippen molar-refractivity contribution in [1.82, 2.24) is 14.5 Å². The molecule has 0 spiro atoms. The third-order valence-corrected chi connectivity index (χ3v) is 6.95. The van der Waals surface area contributed by atoms with Crippen LogP contribution < -0.4 is 5.32 Å². The van der Waals surface area contributed by atoms with Crippen LogP contribution >= 0.6 is 0 Å². The van der Waals surface area contributed by atoms with Gasteiger partial charge in [0.25, 0.3) is 0 Å². The fraction of sp³-hybridized carbons (Fsp3) is 0.938. The van der Waals surface area contributed by atoms with Crippen molar-refractivity contribution in [3.63, 3.8) is 0 Å². The molecule has 7 heteroatoms. The molecule has 2 aliphatic heterocycles. The molecule has 2 fully saturated rings. The predicted molar refractivity (Wildman–Crippen MR) is 95.2 cm³/mol. The standard InChI is InChI=1S/C16H32N4O2S/c1-4-7-16(2)8-5-10-19(14-16)15(17-3)18-9-12-20-11-6-13-23(20,21)22/h4-14H2,1-3H3,(H,17,18). The molecule has 6 nitrogen and oxygen atoms in total. The molecule has 1 unspecified atom stereocenters. The second-order valence-corrected chi connectivity index (χ2v) is 9.22. The lowest BCUT2D eigenvalue weighted by Crippen LogP contribution is -2.51. The van der Waals surface area contributed by atoms with Crippen LogP contribution in [0.25, 0.3) is 0 Å². The second-order valence-electron chi connectivity index (χ2n) is 7.13. The monoisotopic (exact) mass is 344 g/mol. The van der Waals surface area contributed by atoms with E-state index in [4.69, 9.17) is 0 Å². The van der Waals surface area contributed by atoms with Crippen LogP contribution in [0.4, 0.5) is 0 Å². The van der Waals surface area contributed by atoms with Crippen molar-refractivity contribution in [2.24, 2.45) is 10.4 Å². The number of aliphatic imine (C=N–C) groups is 1. The van der Waals surface area contributed by atoms with Crippen LogP contribution in [-0.2, 0) is 10.0 Å². The maximum atomic E-state index is 11.8. The zero-order chi connectivity index (χ0) is 16.9. The Labute approximate surface area is 141 Å². The molecular formula is C16H32N4O2S. The van der Waals surface area contributed by atoms with Crippen molar-refractivity contribution in [3.8, 4) is 0 Å². The van der Waals surface area contributed by atoms with Gasteiger partial charge < -0.3 is 10.2 Å². The quantitative estimate of drug-likeness (QED) is 0.606. The van der Waals surface area contributed by atoms with Gasteiger partial charge in [-0.3, -0.25) is 4.99 Å². The summed E-state index contributed by atoms with van der Waals surface area (Å²) < 4.78 is 25.2. The van der Waals surface area contributed by atoms with E-state index in [9.17, 15) is 8.42 Å². The molecule has 0 aliphatic carbocycles. The third kappa shape index (κ3) is 4.83. The van der Waals surface area contributed by atoms with E-state index in [2.05, 4.69) is 29.1 Å². The minimum absolute atomic E-state index is 0.295. The van der Waals surface area contributed by atoms with Crippen molar-refractivity contribution in [2.45, 2.75) is 46.0 Å². The molecule has 0 aromatic carbocycles. The Morgan fingerprint density at radius 1 is 1.30 bits per heavy atom. The highest BCUT2D eigenvalue weighted by Crippen LogP contribution is 2.33. The Balaban J connectivity index is 1.85. The fourth-order valence-electron chi connectivity index (χ4n) is 3.87. The van der Waals surface area contributed by atoms with Gasteiger partial charge in [0, 0.05) is 39.8 Å². The Hall–Kier alpha value is -0.820. The fourth-order valence-corrected chi connectivity index (χ4v) is 5.40. The van der Waals surface area contributed by atoms with E-state index in [1.165, 1.54) is 25.7 Å². The molecule has 0 aromatic heterocycles. The number of hydrogen-bond donors (Lipinski definition) is 1. The average molecular weight is 345 g/mol. The van der Waals surface area contributed by atoms with E-state index >= 15 is 0 Å². The lowest BCUT2D eigenvalue weighted by Gasteiger charge is -2.42. The van der Waals surface area contributed by atoms with Crippen LogP contribution in [-0.4, -0.2) is 69.1 Å². The number of hydrogen-bond acceptors (Lipinski definition) is 3. The van der Waals surface area contributed by atoms with Gasteiger partial charge in [-0.25, -0.2) is 12.7 Å². The van der Waals surface area contributed by atoms with Crippen LogP contribution in [0.2, 0.25) is 0 Å². The molecule has 0 aromatic rings. The molecular weight excluding hydrogens is 312 g/mol. The molecule has 1 N–H and O–H groups in total. The predicted octanol–water partition coefficient (Wildman–Crippen LogP) is 1.50. The average Bonchev–Trinajstić information content (AvgIpc) is 2.82. The van der Waals surface area contributed by atoms with Crippen molar-refractivity contribution in [1.29, 1.82) is 0 Å². The van der Waals surface area contributed by atoms with E-state index in [1.54, 1.807) is 11.4 Å². The normalized spacial score (nSPS) is 29.0. The minimum atomic E-state index is -3.00. The molecule has 134 valence electrons. The minimum Gasteiger partial charge on any atom is -0.355 e. The van der Waals surface area contributed by atoms with E-state index in [1.807, 2.05) is 0 Å². The van der Waals surface area contributed by atoms with Gasteiger partial charge in [-0.2, -0.15) is 0 Å². The van der Waals surface area contributed by atoms with E-state index < -0.39 is 10.0 Å². The SMILES string of the molecule is CCCC1(C)CCCN(C(=NC)NCCN2CCCS2(=O)=O)C1. The summed E-state index contributed by atoms with van der Waals surface area (Å²) in [5, 5.41) is 3.35. The number of sulfonamides is 1. The highest BCUT2D eigenvalue weighted by Gasteiger charge is 2.32. The highest BCUT2D eigenvalue weighted by molar-refractivity contribution is 7.89. The maximum absolute atomic E-state index is 11.8. The summed E-state index contributed by atoms with van der Waals surface area (Å²) >= 11 is 0. The van der Waals surface area contributed by atoms with Gasteiger partial charge in [0.2, 0.25) is 10.0 Å². The maximum Gasteiger partial charge on any atom is 0.214 e. The number of rotatable bonds is 5. The summed E-state index contributed by atoms with van der Waals surface area (Å²) in [5.74, 6) is 1.20. The van der Waals surface area contributed by atoms with Crippen molar-refractivity contribution in [3.05, 3.63) is 0 Å².